The largest absolute Gasteiger partial charge is 0.390 e. The van der Waals surface area contributed by atoms with Gasteiger partial charge in [-0.15, -0.1) is 0 Å². The van der Waals surface area contributed by atoms with Gasteiger partial charge in [-0.05, 0) is 26.7 Å². The second-order valence-electron chi connectivity index (χ2n) is 5.40. The fourth-order valence-electron chi connectivity index (χ4n) is 3.12. The van der Waals surface area contributed by atoms with Gasteiger partial charge in [-0.25, -0.2) is 0 Å². The number of aliphatic hydroxyl groups excluding tert-OH is 1. The Morgan fingerprint density at radius 3 is 2.58 bits per heavy atom. The molecule has 1 aromatic rings. The molecular formula is C14H23ClN2O2. The Hall–Kier alpha value is -0.580. The molecule has 1 atom stereocenters. The van der Waals surface area contributed by atoms with E-state index in [0.29, 0.717) is 18.2 Å². The van der Waals surface area contributed by atoms with E-state index in [-0.39, 0.29) is 5.60 Å². The topological polar surface area (TPSA) is 47.3 Å². The van der Waals surface area contributed by atoms with E-state index in [4.69, 9.17) is 16.3 Å². The first-order chi connectivity index (χ1) is 9.00. The van der Waals surface area contributed by atoms with Crippen molar-refractivity contribution in [2.24, 2.45) is 7.05 Å². The van der Waals surface area contributed by atoms with Crippen LogP contribution in [0.1, 0.15) is 43.9 Å². The van der Waals surface area contributed by atoms with Crippen molar-refractivity contribution in [3.05, 3.63) is 16.4 Å². The maximum Gasteiger partial charge on any atom is 0.130 e. The highest BCUT2D eigenvalue weighted by Crippen LogP contribution is 2.38. The quantitative estimate of drug-likeness (QED) is 0.905. The molecule has 0 aliphatic heterocycles. The van der Waals surface area contributed by atoms with E-state index in [2.05, 4.69) is 5.10 Å². The number of rotatable bonds is 5. The van der Waals surface area contributed by atoms with Gasteiger partial charge in [-0.1, -0.05) is 24.4 Å². The van der Waals surface area contributed by atoms with Crippen molar-refractivity contribution in [2.75, 3.05) is 6.61 Å². The van der Waals surface area contributed by atoms with Gasteiger partial charge in [-0.3, -0.25) is 4.68 Å². The minimum Gasteiger partial charge on any atom is -0.390 e. The van der Waals surface area contributed by atoms with Gasteiger partial charge >= 0.3 is 0 Å². The first kappa shape index (κ1) is 14.8. The van der Waals surface area contributed by atoms with Crippen LogP contribution in [-0.4, -0.2) is 33.2 Å². The lowest BCUT2D eigenvalue weighted by atomic mass is 9.90. The molecule has 5 heteroatoms. The van der Waals surface area contributed by atoms with Crippen LogP contribution in [0.5, 0.6) is 0 Å². The molecular weight excluding hydrogens is 264 g/mol. The van der Waals surface area contributed by atoms with Crippen LogP contribution in [0.3, 0.4) is 0 Å². The third-order valence-corrected chi connectivity index (χ3v) is 4.63. The van der Waals surface area contributed by atoms with Crippen molar-refractivity contribution < 1.29 is 9.84 Å². The van der Waals surface area contributed by atoms with E-state index in [0.717, 1.165) is 36.9 Å². The molecule has 4 nitrogen and oxygen atoms in total. The number of aryl methyl sites for hydroxylation is 2. The molecule has 1 fully saturated rings. The third kappa shape index (κ3) is 2.81. The first-order valence-corrected chi connectivity index (χ1v) is 7.38. The van der Waals surface area contributed by atoms with E-state index < -0.39 is 6.10 Å². The minimum atomic E-state index is -0.518. The fourth-order valence-corrected chi connectivity index (χ4v) is 3.37. The molecule has 108 valence electrons. The average molecular weight is 287 g/mol. The molecule has 0 radical (unpaired) electrons. The summed E-state index contributed by atoms with van der Waals surface area (Å²) in [5.41, 5.74) is 1.43. The van der Waals surface area contributed by atoms with E-state index >= 15 is 0 Å². The van der Waals surface area contributed by atoms with E-state index in [9.17, 15) is 5.11 Å². The second-order valence-corrected chi connectivity index (χ2v) is 5.76. The zero-order chi connectivity index (χ0) is 14.0. The van der Waals surface area contributed by atoms with E-state index in [1.54, 1.807) is 4.68 Å². The third-order valence-electron chi connectivity index (χ3n) is 4.16. The van der Waals surface area contributed by atoms with Crippen molar-refractivity contribution in [1.29, 1.82) is 0 Å². The van der Waals surface area contributed by atoms with Crippen molar-refractivity contribution in [2.45, 2.75) is 57.7 Å². The summed E-state index contributed by atoms with van der Waals surface area (Å²) in [6, 6.07) is 0. The number of hydrogen-bond donors (Lipinski definition) is 1. The fraction of sp³-hybridized carbons (Fsp3) is 0.786. The van der Waals surface area contributed by atoms with Crippen LogP contribution in [0.4, 0.5) is 0 Å². The predicted molar refractivity (Wildman–Crippen MR) is 75.5 cm³/mol. The summed E-state index contributed by atoms with van der Waals surface area (Å²) >= 11 is 6.24. The van der Waals surface area contributed by atoms with Gasteiger partial charge in [0.2, 0.25) is 0 Å². The lowest BCUT2D eigenvalue weighted by Gasteiger charge is -2.34. The van der Waals surface area contributed by atoms with Crippen molar-refractivity contribution in [3.8, 4) is 0 Å². The number of hydrogen-bond acceptors (Lipinski definition) is 3. The van der Waals surface area contributed by atoms with Crippen LogP contribution in [0, 0.1) is 6.92 Å². The lowest BCUT2D eigenvalue weighted by molar-refractivity contribution is -0.115. The number of aliphatic hydroxyl groups is 1. The second kappa shape index (κ2) is 5.81. The molecule has 0 bridgehead atoms. The zero-order valence-electron chi connectivity index (χ0n) is 11.9. The molecule has 0 spiro atoms. The Kier molecular flexibility index (Phi) is 4.54. The van der Waals surface area contributed by atoms with Crippen LogP contribution in [-0.2, 0) is 18.2 Å². The SMILES string of the molecule is CCOC1(C(O)Cc2c(C)nn(C)c2Cl)CCCC1. The number of aromatic nitrogens is 2. The summed E-state index contributed by atoms with van der Waals surface area (Å²) in [7, 11) is 1.82. The van der Waals surface area contributed by atoms with Gasteiger partial charge in [-0.2, -0.15) is 5.10 Å². The monoisotopic (exact) mass is 286 g/mol. The summed E-state index contributed by atoms with van der Waals surface area (Å²) in [5, 5.41) is 15.5. The molecule has 19 heavy (non-hydrogen) atoms. The van der Waals surface area contributed by atoms with E-state index in [1.807, 2.05) is 20.9 Å². The van der Waals surface area contributed by atoms with Crippen LogP contribution >= 0.6 is 11.6 Å². The van der Waals surface area contributed by atoms with Crippen LogP contribution in [0.25, 0.3) is 0 Å². The maximum absolute atomic E-state index is 10.6. The summed E-state index contributed by atoms with van der Waals surface area (Å²) in [6.45, 7) is 4.54. The smallest absolute Gasteiger partial charge is 0.130 e. The van der Waals surface area contributed by atoms with Gasteiger partial charge in [0.25, 0.3) is 0 Å². The van der Waals surface area contributed by atoms with Crippen LogP contribution in [0.2, 0.25) is 5.15 Å². The summed E-state index contributed by atoms with van der Waals surface area (Å²) in [6.07, 6.45) is 4.10. The van der Waals surface area contributed by atoms with Gasteiger partial charge in [0.15, 0.2) is 0 Å². The number of ether oxygens (including phenoxy) is 1. The first-order valence-electron chi connectivity index (χ1n) is 7.00. The molecule has 1 aliphatic rings. The zero-order valence-corrected chi connectivity index (χ0v) is 12.7. The minimum absolute atomic E-state index is 0.389. The lowest BCUT2D eigenvalue weighted by Crippen LogP contribution is -2.43. The van der Waals surface area contributed by atoms with Gasteiger partial charge in [0.05, 0.1) is 17.4 Å². The Morgan fingerprint density at radius 1 is 1.47 bits per heavy atom. The predicted octanol–water partition coefficient (Wildman–Crippen LogP) is 2.63. The molecule has 1 saturated carbocycles. The van der Waals surface area contributed by atoms with Crippen LogP contribution < -0.4 is 0 Å². The van der Waals surface area contributed by atoms with Crippen molar-refractivity contribution in [1.82, 2.24) is 9.78 Å². The molecule has 0 amide bonds. The Balaban J connectivity index is 2.17. The molecule has 0 aromatic carbocycles. The number of nitrogens with zero attached hydrogens (tertiary/aromatic N) is 2. The molecule has 1 unspecified atom stereocenters. The molecule has 1 aromatic heterocycles. The summed E-state index contributed by atoms with van der Waals surface area (Å²) in [4.78, 5) is 0. The molecule has 2 rings (SSSR count). The Labute approximate surface area is 119 Å². The van der Waals surface area contributed by atoms with Gasteiger partial charge in [0, 0.05) is 25.6 Å². The molecule has 1 heterocycles. The highest BCUT2D eigenvalue weighted by Gasteiger charge is 2.41. The Morgan fingerprint density at radius 2 is 2.11 bits per heavy atom. The molecule has 1 N–H and O–H groups in total. The van der Waals surface area contributed by atoms with Gasteiger partial charge < -0.3 is 9.84 Å². The normalized spacial score (nSPS) is 19.8. The maximum atomic E-state index is 10.6. The van der Waals surface area contributed by atoms with Crippen LogP contribution in [0.15, 0.2) is 0 Å². The average Bonchev–Trinajstić information content (AvgIpc) is 2.92. The highest BCUT2D eigenvalue weighted by molar-refractivity contribution is 6.30. The molecule has 0 saturated heterocycles. The van der Waals surface area contributed by atoms with Crippen molar-refractivity contribution >= 4 is 11.6 Å². The van der Waals surface area contributed by atoms with Crippen molar-refractivity contribution in [3.63, 3.8) is 0 Å². The molecule has 1 aliphatic carbocycles. The summed E-state index contributed by atoms with van der Waals surface area (Å²) < 4.78 is 7.54. The van der Waals surface area contributed by atoms with Gasteiger partial charge in [0.1, 0.15) is 5.15 Å². The highest BCUT2D eigenvalue weighted by atomic mass is 35.5. The summed E-state index contributed by atoms with van der Waals surface area (Å²) in [5.74, 6) is 0. The van der Waals surface area contributed by atoms with E-state index in [1.165, 1.54) is 0 Å². The number of halogens is 1. The Bertz CT molecular complexity index is 439. The standard InChI is InChI=1S/C14H23ClN2O2/c1-4-19-14(7-5-6-8-14)12(18)9-11-10(2)16-17(3)13(11)15/h12,18H,4-9H2,1-3H3.